The van der Waals surface area contributed by atoms with Gasteiger partial charge in [0.2, 0.25) is 0 Å². The fourth-order valence-corrected chi connectivity index (χ4v) is 3.59. The summed E-state index contributed by atoms with van der Waals surface area (Å²) in [5.74, 6) is 0.757. The molecular formula is C24H26. The molecule has 1 aromatic carbocycles. The minimum Gasteiger partial charge on any atom is -0.102 e. The molecule has 0 nitrogen and oxygen atoms in total. The summed E-state index contributed by atoms with van der Waals surface area (Å²) in [7, 11) is 0. The Bertz CT molecular complexity index is 824. The first-order chi connectivity index (χ1) is 11.5. The van der Waals surface area contributed by atoms with Gasteiger partial charge < -0.3 is 0 Å². The Morgan fingerprint density at radius 1 is 0.833 bits per heavy atom. The molecule has 3 rings (SSSR count). The van der Waals surface area contributed by atoms with Crippen molar-refractivity contribution in [1.29, 1.82) is 0 Å². The minimum absolute atomic E-state index is 0.228. The van der Waals surface area contributed by atoms with Crippen molar-refractivity contribution in [3.05, 3.63) is 95.1 Å². The highest BCUT2D eigenvalue weighted by Gasteiger charge is 2.21. The average Bonchev–Trinajstić information content (AvgIpc) is 2.77. The van der Waals surface area contributed by atoms with Gasteiger partial charge in [0.1, 0.15) is 0 Å². The monoisotopic (exact) mass is 314 g/mol. The molecule has 0 heterocycles. The molecular weight excluding hydrogens is 288 g/mol. The first-order valence-electron chi connectivity index (χ1n) is 8.74. The number of rotatable bonds is 4. The molecule has 0 radical (unpaired) electrons. The highest BCUT2D eigenvalue weighted by atomic mass is 14.3. The van der Waals surface area contributed by atoms with Crippen LogP contribution in [0.3, 0.4) is 0 Å². The van der Waals surface area contributed by atoms with Crippen molar-refractivity contribution in [1.82, 2.24) is 0 Å². The molecule has 0 aliphatic heterocycles. The van der Waals surface area contributed by atoms with Crippen LogP contribution in [0.25, 0.3) is 11.1 Å². The van der Waals surface area contributed by atoms with Crippen molar-refractivity contribution in [2.24, 2.45) is 0 Å². The van der Waals surface area contributed by atoms with Gasteiger partial charge in [-0.1, -0.05) is 74.5 Å². The molecule has 24 heavy (non-hydrogen) atoms. The minimum atomic E-state index is 0.228. The van der Waals surface area contributed by atoms with E-state index >= 15 is 0 Å². The highest BCUT2D eigenvalue weighted by molar-refractivity contribution is 5.79. The van der Waals surface area contributed by atoms with Crippen LogP contribution in [0.5, 0.6) is 0 Å². The second-order valence-corrected chi connectivity index (χ2v) is 7.01. The number of allylic oxidation sites excluding steroid dienone is 1. The molecule has 1 unspecified atom stereocenters. The quantitative estimate of drug-likeness (QED) is 0.462. The van der Waals surface area contributed by atoms with Crippen LogP contribution in [-0.2, 0) is 0 Å². The summed E-state index contributed by atoms with van der Waals surface area (Å²) < 4.78 is 0. The van der Waals surface area contributed by atoms with Gasteiger partial charge in [-0.2, -0.15) is 0 Å². The van der Waals surface area contributed by atoms with E-state index in [0.717, 1.165) is 0 Å². The lowest BCUT2D eigenvalue weighted by atomic mass is 9.88. The third kappa shape index (κ3) is 2.89. The zero-order valence-corrected chi connectivity index (χ0v) is 15.1. The predicted octanol–water partition coefficient (Wildman–Crippen LogP) is 6.85. The number of benzene rings is 1. The molecule has 0 aromatic heterocycles. The van der Waals surface area contributed by atoms with E-state index in [9.17, 15) is 0 Å². The first-order valence-corrected chi connectivity index (χ1v) is 8.74. The average molecular weight is 314 g/mol. The van der Waals surface area contributed by atoms with Crippen molar-refractivity contribution in [2.75, 3.05) is 0 Å². The number of hydrogen-bond donors (Lipinski definition) is 0. The van der Waals surface area contributed by atoms with E-state index in [2.05, 4.69) is 94.9 Å². The maximum Gasteiger partial charge on any atom is 0.0273 e. The van der Waals surface area contributed by atoms with E-state index in [-0.39, 0.29) is 5.92 Å². The molecule has 0 bridgehead atoms. The Kier molecular flexibility index (Phi) is 4.57. The van der Waals surface area contributed by atoms with Crippen LogP contribution in [-0.4, -0.2) is 0 Å². The molecule has 2 aliphatic carbocycles. The van der Waals surface area contributed by atoms with Crippen LogP contribution in [0.2, 0.25) is 0 Å². The zero-order chi connectivity index (χ0) is 17.3. The molecule has 0 saturated carbocycles. The van der Waals surface area contributed by atoms with Crippen LogP contribution in [0.1, 0.15) is 53.5 Å². The third-order valence-corrected chi connectivity index (χ3v) is 4.98. The lowest BCUT2D eigenvalue weighted by Gasteiger charge is -2.15. The van der Waals surface area contributed by atoms with Crippen LogP contribution in [0.15, 0.2) is 67.3 Å². The fourth-order valence-electron chi connectivity index (χ4n) is 3.59. The van der Waals surface area contributed by atoms with Gasteiger partial charge in [-0.3, -0.25) is 0 Å². The summed E-state index contributed by atoms with van der Waals surface area (Å²) in [5.41, 5.74) is 9.50. The van der Waals surface area contributed by atoms with E-state index in [1.54, 1.807) is 0 Å². The lowest BCUT2D eigenvalue weighted by molar-refractivity contribution is 0.868. The molecule has 1 aromatic rings. The lowest BCUT2D eigenvalue weighted by Crippen LogP contribution is -1.97. The van der Waals surface area contributed by atoms with Crippen molar-refractivity contribution in [3.8, 4) is 11.1 Å². The summed E-state index contributed by atoms with van der Waals surface area (Å²) in [6.45, 7) is 13.1. The second-order valence-electron chi connectivity index (χ2n) is 7.01. The molecule has 0 saturated heterocycles. The molecule has 0 heteroatoms. The van der Waals surface area contributed by atoms with E-state index in [4.69, 9.17) is 0 Å². The highest BCUT2D eigenvalue weighted by Crippen LogP contribution is 2.41. The topological polar surface area (TPSA) is 0 Å². The van der Waals surface area contributed by atoms with Gasteiger partial charge in [0, 0.05) is 5.92 Å². The molecule has 1 atom stereocenters. The Morgan fingerprint density at radius 3 is 2.17 bits per heavy atom. The third-order valence-electron chi connectivity index (χ3n) is 4.98. The summed E-state index contributed by atoms with van der Waals surface area (Å²) in [4.78, 5) is 0. The van der Waals surface area contributed by atoms with Gasteiger partial charge in [-0.15, -0.1) is 6.58 Å². The molecule has 0 fully saturated rings. The van der Waals surface area contributed by atoms with Crippen molar-refractivity contribution < 1.29 is 0 Å². The van der Waals surface area contributed by atoms with Crippen molar-refractivity contribution >= 4 is 0 Å². The predicted molar refractivity (Wildman–Crippen MR) is 105 cm³/mol. The molecule has 0 N–H and O–H groups in total. The first kappa shape index (κ1) is 16.5. The van der Waals surface area contributed by atoms with Crippen molar-refractivity contribution in [2.45, 2.75) is 39.5 Å². The second kappa shape index (κ2) is 6.65. The Balaban J connectivity index is 2.23. The number of fused-ring (bicyclic) bond motifs is 1. The maximum absolute atomic E-state index is 4.12. The fraction of sp³-hybridized carbons (Fsp3) is 0.250. The van der Waals surface area contributed by atoms with Gasteiger partial charge in [-0.25, -0.2) is 0 Å². The van der Waals surface area contributed by atoms with E-state index in [1.807, 2.05) is 0 Å². The maximum atomic E-state index is 4.12. The van der Waals surface area contributed by atoms with Gasteiger partial charge >= 0.3 is 0 Å². The van der Waals surface area contributed by atoms with Crippen LogP contribution in [0, 0.1) is 13.8 Å². The largest absolute Gasteiger partial charge is 0.102 e. The van der Waals surface area contributed by atoms with Crippen LogP contribution in [0.4, 0.5) is 0 Å². The normalized spacial score (nSPS) is 12.5. The summed E-state index contributed by atoms with van der Waals surface area (Å²) in [5, 5.41) is 0. The zero-order valence-electron chi connectivity index (χ0n) is 15.1. The van der Waals surface area contributed by atoms with E-state index in [0.29, 0.717) is 5.92 Å². The van der Waals surface area contributed by atoms with E-state index in [1.165, 1.54) is 38.9 Å². The molecule has 0 amide bonds. The smallest absolute Gasteiger partial charge is 0.0273 e. The SMILES string of the molecule is C=CC(c1ccccc1)c1cc(C)c2cc(C(C)C)ccc(C)c1-2. The van der Waals surface area contributed by atoms with Crippen LogP contribution >= 0.6 is 0 Å². The summed E-state index contributed by atoms with van der Waals surface area (Å²) in [6, 6.07) is 19.9. The molecule has 122 valence electrons. The van der Waals surface area contributed by atoms with Gasteiger partial charge in [0.25, 0.3) is 0 Å². The summed E-state index contributed by atoms with van der Waals surface area (Å²) >= 11 is 0. The Morgan fingerprint density at radius 2 is 1.54 bits per heavy atom. The molecule has 0 spiro atoms. The van der Waals surface area contributed by atoms with E-state index < -0.39 is 0 Å². The summed E-state index contributed by atoms with van der Waals surface area (Å²) in [6.07, 6.45) is 2.07. The number of hydrogen-bond acceptors (Lipinski definition) is 0. The van der Waals surface area contributed by atoms with Gasteiger partial charge in [0.15, 0.2) is 0 Å². The number of aryl methyl sites for hydroxylation is 2. The van der Waals surface area contributed by atoms with Crippen LogP contribution < -0.4 is 0 Å². The van der Waals surface area contributed by atoms with Crippen molar-refractivity contribution in [3.63, 3.8) is 0 Å². The molecule has 2 aliphatic rings. The standard InChI is InChI=1S/C24H26/c1-6-21(19-10-8-7-9-11-19)23-14-18(5)22-15-20(16(2)3)13-12-17(4)24(22)23/h6-16,21H,1H2,2-5H3. The van der Waals surface area contributed by atoms with Gasteiger partial charge in [0.05, 0.1) is 0 Å². The Labute approximate surface area is 146 Å². The van der Waals surface area contributed by atoms with Gasteiger partial charge in [-0.05, 0) is 58.7 Å². The Hall–Kier alpha value is -2.34.